The second kappa shape index (κ2) is 16.8. The van der Waals surface area contributed by atoms with Crippen LogP contribution >= 0.6 is 0 Å². The van der Waals surface area contributed by atoms with Crippen molar-refractivity contribution in [3.05, 3.63) is 120 Å². The number of hydrogen-bond donors (Lipinski definition) is 1. The molecule has 6 rings (SSSR count). The molecule has 1 aliphatic rings. The van der Waals surface area contributed by atoms with E-state index in [1.54, 1.807) is 0 Å². The zero-order valence-corrected chi connectivity index (χ0v) is 34.9. The van der Waals surface area contributed by atoms with E-state index >= 15 is 0 Å². The third-order valence-corrected chi connectivity index (χ3v) is 11.4. The predicted octanol–water partition coefficient (Wildman–Crippen LogP) is 12.5. The minimum absolute atomic E-state index is 0. The van der Waals surface area contributed by atoms with Gasteiger partial charge >= 0.3 is 0 Å². The monoisotopic (exact) mass is 872 g/mol. The molecular weight excluding hydrogens is 817 g/mol. The Morgan fingerprint density at radius 3 is 2.06 bits per heavy atom. The van der Waals surface area contributed by atoms with Gasteiger partial charge in [-0.2, -0.15) is 0 Å². The molecule has 2 heterocycles. The molecule has 4 nitrogen and oxygen atoms in total. The Balaban J connectivity index is 0.000000289. The summed E-state index contributed by atoms with van der Waals surface area (Å²) in [7, 11) is 0. The first-order chi connectivity index (χ1) is 24.3. The molecule has 0 saturated carbocycles. The van der Waals surface area contributed by atoms with Crippen LogP contribution in [0.15, 0.2) is 96.9 Å². The molecule has 1 aliphatic carbocycles. The molecule has 275 valence electrons. The average Bonchev–Trinajstić information content (AvgIpc) is 3.16. The predicted molar refractivity (Wildman–Crippen MR) is 214 cm³/mol. The maximum absolute atomic E-state index is 12.2. The van der Waals surface area contributed by atoms with Gasteiger partial charge in [-0.15, -0.1) is 29.1 Å². The third-order valence-electron chi connectivity index (χ3n) is 11.4. The van der Waals surface area contributed by atoms with Gasteiger partial charge in [0.05, 0.1) is 5.69 Å². The molecule has 5 heteroatoms. The summed E-state index contributed by atoms with van der Waals surface area (Å²) >= 11 is 0. The molecule has 0 atom stereocenters. The largest absolute Gasteiger partial charge is 0.512 e. The van der Waals surface area contributed by atoms with Crippen LogP contribution in [0, 0.1) is 16.9 Å². The maximum Gasteiger partial charge on any atom is 0.164 e. The number of aliphatic hydroxyl groups excluding tert-OH is 1. The molecule has 0 aliphatic heterocycles. The van der Waals surface area contributed by atoms with Crippen LogP contribution in [0.25, 0.3) is 44.4 Å². The van der Waals surface area contributed by atoms with Crippen LogP contribution in [-0.4, -0.2) is 20.9 Å². The quantitative estimate of drug-likeness (QED) is 0.0910. The molecule has 0 fully saturated rings. The summed E-state index contributed by atoms with van der Waals surface area (Å²) in [5.41, 5.74) is 10.0. The van der Waals surface area contributed by atoms with Crippen molar-refractivity contribution in [2.24, 2.45) is 10.8 Å². The molecule has 0 bridgehead atoms. The van der Waals surface area contributed by atoms with Crippen molar-refractivity contribution < 1.29 is 30.0 Å². The first-order valence-corrected chi connectivity index (χ1v) is 18.7. The number of nitrogens with zero attached hydrogens (tertiary/aromatic N) is 2. The number of aliphatic hydroxyl groups is 1. The number of benzene rings is 3. The summed E-state index contributed by atoms with van der Waals surface area (Å²) in [4.78, 5) is 22.1. The van der Waals surface area contributed by atoms with Crippen molar-refractivity contribution in [3.8, 4) is 33.6 Å². The van der Waals surface area contributed by atoms with Crippen molar-refractivity contribution in [3.63, 3.8) is 0 Å². The van der Waals surface area contributed by atoms with E-state index in [0.717, 1.165) is 66.4 Å². The summed E-state index contributed by atoms with van der Waals surface area (Å²) in [6.45, 7) is 18.9. The van der Waals surface area contributed by atoms with Gasteiger partial charge in [0, 0.05) is 65.7 Å². The zero-order valence-electron chi connectivity index (χ0n) is 32.5. The fourth-order valence-corrected chi connectivity index (χ4v) is 6.84. The fraction of sp³-hybridized carbons (Fsp3) is 0.383. The summed E-state index contributed by atoms with van der Waals surface area (Å²) in [6, 6.07) is 31.5. The first kappa shape index (κ1) is 40.8. The Hall–Kier alpha value is -3.92. The van der Waals surface area contributed by atoms with Gasteiger partial charge in [0.1, 0.15) is 5.76 Å². The molecule has 5 aromatic rings. The second-order valence-corrected chi connectivity index (χ2v) is 15.6. The molecule has 0 saturated heterocycles. The number of carbonyl (C=O) groups excluding carboxylic acids is 1. The van der Waals surface area contributed by atoms with Crippen LogP contribution < -0.4 is 0 Å². The van der Waals surface area contributed by atoms with Gasteiger partial charge in [-0.05, 0) is 67.2 Å². The number of aromatic nitrogens is 2. The van der Waals surface area contributed by atoms with Crippen LogP contribution in [0.2, 0.25) is 0 Å². The van der Waals surface area contributed by atoms with Gasteiger partial charge in [-0.3, -0.25) is 14.8 Å². The Morgan fingerprint density at radius 1 is 0.788 bits per heavy atom. The Kier molecular flexibility index (Phi) is 13.2. The van der Waals surface area contributed by atoms with Gasteiger partial charge < -0.3 is 5.11 Å². The van der Waals surface area contributed by atoms with E-state index in [0.29, 0.717) is 0 Å². The van der Waals surface area contributed by atoms with Crippen molar-refractivity contribution in [2.45, 2.75) is 106 Å². The Morgan fingerprint density at radius 2 is 1.42 bits per heavy atom. The number of ketones is 1. The van der Waals surface area contributed by atoms with E-state index in [-0.39, 0.29) is 47.9 Å². The number of aryl methyl sites for hydroxylation is 1. The minimum Gasteiger partial charge on any atom is -0.512 e. The third kappa shape index (κ3) is 8.48. The van der Waals surface area contributed by atoms with Gasteiger partial charge in [0.15, 0.2) is 5.78 Å². The SMILES string of the molecule is CC(C)(C)c1cc(-c2nccc3c2CCc2nc(-c4ccccc4)ccc2-3)[c-]c2ccccc12.CCC(C)(CC)C(=O)/C=C(\O)C(C)(CC)CC.[Ir]. The Bertz CT molecular complexity index is 2030. The molecule has 2 aromatic heterocycles. The van der Waals surface area contributed by atoms with Crippen molar-refractivity contribution in [2.75, 3.05) is 0 Å². The first-order valence-electron chi connectivity index (χ1n) is 18.7. The number of hydrogen-bond acceptors (Lipinski definition) is 4. The molecule has 52 heavy (non-hydrogen) atoms. The molecule has 1 N–H and O–H groups in total. The van der Waals surface area contributed by atoms with Gasteiger partial charge in [0.2, 0.25) is 0 Å². The number of rotatable bonds is 9. The molecule has 0 amide bonds. The minimum atomic E-state index is -0.337. The van der Waals surface area contributed by atoms with Crippen molar-refractivity contribution in [1.29, 1.82) is 0 Å². The number of carbonyl (C=O) groups is 1. The molecular formula is C47H55IrN2O2-. The summed E-state index contributed by atoms with van der Waals surface area (Å²) < 4.78 is 0. The summed E-state index contributed by atoms with van der Waals surface area (Å²) in [6.07, 6.45) is 8.54. The van der Waals surface area contributed by atoms with Gasteiger partial charge in [0.25, 0.3) is 0 Å². The standard InChI is InChI=1S/C32H27N2.C15H28O2.Ir/c1-32(2,3)28-20-23(19-22-11-7-8-12-24(22)28)31-27-14-16-30-26(25(27)17-18-33-31)13-15-29(34-30)21-9-5-4-6-10-21;1-7-14(5,8-2)12(16)11-13(17)15(6,9-3)10-4;/h4-13,15,17-18,20H,14,16H2,1-3H3;11,16H,7-10H2,1-6H3;/q-1;;/b;12-11-;. The molecule has 0 spiro atoms. The van der Waals surface area contributed by atoms with Gasteiger partial charge in [-0.25, -0.2) is 0 Å². The van der Waals surface area contributed by atoms with Crippen LogP contribution in [0.1, 0.15) is 105 Å². The molecule has 1 radical (unpaired) electrons. The smallest absolute Gasteiger partial charge is 0.164 e. The average molecular weight is 872 g/mol. The molecule has 3 aromatic carbocycles. The van der Waals surface area contributed by atoms with Crippen LogP contribution in [0.4, 0.5) is 0 Å². The second-order valence-electron chi connectivity index (χ2n) is 15.6. The Labute approximate surface area is 325 Å². The number of allylic oxidation sites excluding steroid dienone is 2. The van der Waals surface area contributed by atoms with E-state index in [1.807, 2.05) is 53.8 Å². The summed E-state index contributed by atoms with van der Waals surface area (Å²) in [5.74, 6) is 0.286. The zero-order chi connectivity index (χ0) is 37.0. The van der Waals surface area contributed by atoms with E-state index in [9.17, 15) is 9.90 Å². The van der Waals surface area contributed by atoms with Crippen LogP contribution in [-0.2, 0) is 43.2 Å². The normalized spacial score (nSPS) is 13.0. The summed E-state index contributed by atoms with van der Waals surface area (Å²) in [5, 5.41) is 12.6. The molecule has 0 unspecified atom stereocenters. The van der Waals surface area contributed by atoms with Crippen molar-refractivity contribution in [1.82, 2.24) is 9.97 Å². The van der Waals surface area contributed by atoms with Crippen molar-refractivity contribution >= 4 is 16.6 Å². The van der Waals surface area contributed by atoms with E-state index in [2.05, 4.69) is 99.6 Å². The topological polar surface area (TPSA) is 63.1 Å². The number of pyridine rings is 2. The van der Waals surface area contributed by atoms with E-state index in [4.69, 9.17) is 9.97 Å². The van der Waals surface area contributed by atoms with Crippen LogP contribution in [0.3, 0.4) is 0 Å². The maximum atomic E-state index is 12.2. The van der Waals surface area contributed by atoms with Gasteiger partial charge in [-0.1, -0.05) is 128 Å². The fourth-order valence-electron chi connectivity index (χ4n) is 6.84. The van der Waals surface area contributed by atoms with E-state index < -0.39 is 0 Å². The van der Waals surface area contributed by atoms with Crippen LogP contribution in [0.5, 0.6) is 0 Å². The number of fused-ring (bicyclic) bond motifs is 4. The van der Waals surface area contributed by atoms with E-state index in [1.165, 1.54) is 39.4 Å².